The van der Waals surface area contributed by atoms with Gasteiger partial charge in [0, 0.05) is 6.07 Å². The number of hydrogen-bond donors (Lipinski definition) is 1. The first-order valence-electron chi connectivity index (χ1n) is 9.46. The van der Waals surface area contributed by atoms with Crippen molar-refractivity contribution in [1.82, 2.24) is 5.32 Å². The Bertz CT molecular complexity index is 948. The molecule has 2 aromatic carbocycles. The van der Waals surface area contributed by atoms with E-state index in [1.165, 1.54) is 21.3 Å². The van der Waals surface area contributed by atoms with Crippen LogP contribution >= 0.6 is 15.9 Å². The Hall–Kier alpha value is -3.12. The molecule has 0 radical (unpaired) electrons. The van der Waals surface area contributed by atoms with Crippen LogP contribution in [0, 0.1) is 11.3 Å². The molecule has 0 aliphatic rings. The van der Waals surface area contributed by atoms with Gasteiger partial charge in [0.25, 0.3) is 5.91 Å². The van der Waals surface area contributed by atoms with Crippen LogP contribution in [0.15, 0.2) is 28.7 Å². The molecule has 1 atom stereocenters. The third kappa shape index (κ3) is 5.95. The van der Waals surface area contributed by atoms with E-state index in [0.29, 0.717) is 45.4 Å². The number of nitriles is 1. The molecule has 0 saturated heterocycles. The lowest BCUT2D eigenvalue weighted by atomic mass is 10.1. The molecule has 8 nitrogen and oxygen atoms in total. The van der Waals surface area contributed by atoms with Crippen LogP contribution in [0.1, 0.15) is 31.0 Å². The Labute approximate surface area is 190 Å². The van der Waals surface area contributed by atoms with Gasteiger partial charge in [0.15, 0.2) is 29.6 Å². The molecule has 0 aliphatic heterocycles. The van der Waals surface area contributed by atoms with Crippen LogP contribution in [0.5, 0.6) is 28.7 Å². The van der Waals surface area contributed by atoms with Crippen molar-refractivity contribution in [2.24, 2.45) is 0 Å². The maximum Gasteiger partial charge on any atom is 0.258 e. The second-order valence-corrected chi connectivity index (χ2v) is 7.22. The zero-order chi connectivity index (χ0) is 23.0. The lowest BCUT2D eigenvalue weighted by molar-refractivity contribution is -0.123. The minimum atomic E-state index is -0.347. The summed E-state index contributed by atoms with van der Waals surface area (Å²) >= 11 is 3.36. The summed E-state index contributed by atoms with van der Waals surface area (Å²) in [7, 11) is 4.59. The van der Waals surface area contributed by atoms with Gasteiger partial charge in [0.2, 0.25) is 5.75 Å². The van der Waals surface area contributed by atoms with E-state index in [1.54, 1.807) is 24.3 Å². The van der Waals surface area contributed by atoms with Crippen LogP contribution in [0.25, 0.3) is 0 Å². The van der Waals surface area contributed by atoms with Crippen LogP contribution in [0.2, 0.25) is 0 Å². The monoisotopic (exact) mass is 492 g/mol. The van der Waals surface area contributed by atoms with Crippen LogP contribution < -0.4 is 29.0 Å². The predicted octanol–water partition coefficient (Wildman–Crippen LogP) is 4.00. The van der Waals surface area contributed by atoms with Gasteiger partial charge in [0.05, 0.1) is 50.1 Å². The molecule has 0 saturated carbocycles. The van der Waals surface area contributed by atoms with Gasteiger partial charge in [0.1, 0.15) is 0 Å². The summed E-state index contributed by atoms with van der Waals surface area (Å²) in [6, 6.07) is 8.43. The van der Waals surface area contributed by atoms with Gasteiger partial charge >= 0.3 is 0 Å². The number of carbonyl (C=O) groups is 1. The average molecular weight is 493 g/mol. The highest BCUT2D eigenvalue weighted by Crippen LogP contribution is 2.40. The molecule has 0 heterocycles. The summed E-state index contributed by atoms with van der Waals surface area (Å²) in [5.41, 5.74) is 1.19. The molecule has 0 spiro atoms. The average Bonchev–Trinajstić information content (AvgIpc) is 2.77. The largest absolute Gasteiger partial charge is 0.493 e. The Morgan fingerprint density at radius 1 is 1.03 bits per heavy atom. The SMILES string of the molecule is CCOc1cc(C#N)cc(Br)c1OCC(=O)NC(C)c1cc(OC)c(OC)c(OC)c1. The smallest absolute Gasteiger partial charge is 0.258 e. The summed E-state index contributed by atoms with van der Waals surface area (Å²) in [4.78, 5) is 12.5. The fourth-order valence-corrected chi connectivity index (χ4v) is 3.45. The second kappa shape index (κ2) is 11.3. The molecule has 2 rings (SSSR count). The molecule has 1 unspecified atom stereocenters. The van der Waals surface area contributed by atoms with Crippen molar-refractivity contribution in [2.75, 3.05) is 34.5 Å². The van der Waals surface area contributed by atoms with E-state index < -0.39 is 0 Å². The number of halogens is 1. The highest BCUT2D eigenvalue weighted by molar-refractivity contribution is 9.10. The molecule has 166 valence electrons. The molecular weight excluding hydrogens is 468 g/mol. The predicted molar refractivity (Wildman–Crippen MR) is 118 cm³/mol. The molecule has 0 fully saturated rings. The minimum absolute atomic E-state index is 0.237. The first-order valence-corrected chi connectivity index (χ1v) is 10.3. The summed E-state index contributed by atoms with van der Waals surface area (Å²) < 4.78 is 27.8. The zero-order valence-electron chi connectivity index (χ0n) is 18.1. The third-order valence-corrected chi connectivity index (χ3v) is 4.94. The van der Waals surface area contributed by atoms with E-state index in [2.05, 4.69) is 27.3 Å². The number of nitrogens with one attached hydrogen (secondary N) is 1. The normalized spacial score (nSPS) is 11.1. The fourth-order valence-electron chi connectivity index (χ4n) is 2.89. The molecule has 1 N–H and O–H groups in total. The topological polar surface area (TPSA) is 99.0 Å². The maximum atomic E-state index is 12.5. The molecule has 0 bridgehead atoms. The number of hydrogen-bond acceptors (Lipinski definition) is 7. The maximum absolute atomic E-state index is 12.5. The van der Waals surface area contributed by atoms with Gasteiger partial charge in [-0.25, -0.2) is 0 Å². The lowest BCUT2D eigenvalue weighted by Crippen LogP contribution is -2.31. The first kappa shape index (κ1) is 24.2. The number of rotatable bonds is 10. The van der Waals surface area contributed by atoms with Gasteiger partial charge in [-0.15, -0.1) is 0 Å². The van der Waals surface area contributed by atoms with Gasteiger partial charge < -0.3 is 29.0 Å². The molecular formula is C22H25BrN2O6. The van der Waals surface area contributed by atoms with Crippen molar-refractivity contribution in [3.63, 3.8) is 0 Å². The summed E-state index contributed by atoms with van der Waals surface area (Å²) in [6.07, 6.45) is 0. The molecule has 9 heteroatoms. The zero-order valence-corrected chi connectivity index (χ0v) is 19.7. The van der Waals surface area contributed by atoms with Gasteiger partial charge in [-0.05, 0) is 53.5 Å². The number of carbonyl (C=O) groups excluding carboxylic acids is 1. The molecule has 1 amide bonds. The van der Waals surface area contributed by atoms with Crippen LogP contribution in [0.3, 0.4) is 0 Å². The van der Waals surface area contributed by atoms with Gasteiger partial charge in [-0.3, -0.25) is 4.79 Å². The van der Waals surface area contributed by atoms with Gasteiger partial charge in [-0.2, -0.15) is 5.26 Å². The van der Waals surface area contributed by atoms with E-state index in [1.807, 2.05) is 13.8 Å². The van der Waals surface area contributed by atoms with E-state index >= 15 is 0 Å². The highest BCUT2D eigenvalue weighted by Gasteiger charge is 2.19. The van der Waals surface area contributed by atoms with Crippen molar-refractivity contribution in [2.45, 2.75) is 19.9 Å². The molecule has 0 aliphatic carbocycles. The second-order valence-electron chi connectivity index (χ2n) is 6.37. The quantitative estimate of drug-likeness (QED) is 0.534. The number of benzene rings is 2. The van der Waals surface area contributed by atoms with Crippen LogP contribution in [-0.4, -0.2) is 40.5 Å². The number of ether oxygens (including phenoxy) is 5. The number of amides is 1. The molecule has 0 aromatic heterocycles. The minimum Gasteiger partial charge on any atom is -0.493 e. The third-order valence-electron chi connectivity index (χ3n) is 4.35. The lowest BCUT2D eigenvalue weighted by Gasteiger charge is -2.19. The van der Waals surface area contributed by atoms with Crippen molar-refractivity contribution < 1.29 is 28.5 Å². The van der Waals surface area contributed by atoms with Gasteiger partial charge in [-0.1, -0.05) is 0 Å². The first-order chi connectivity index (χ1) is 14.9. The van der Waals surface area contributed by atoms with Crippen LogP contribution in [0.4, 0.5) is 0 Å². The van der Waals surface area contributed by atoms with E-state index in [9.17, 15) is 4.79 Å². The van der Waals surface area contributed by atoms with E-state index in [-0.39, 0.29) is 18.6 Å². The Balaban J connectivity index is 2.13. The van der Waals surface area contributed by atoms with Crippen molar-refractivity contribution in [3.8, 4) is 34.8 Å². The van der Waals surface area contributed by atoms with Crippen molar-refractivity contribution in [1.29, 1.82) is 5.26 Å². The summed E-state index contributed by atoms with van der Waals surface area (Å²) in [5.74, 6) is 1.88. The van der Waals surface area contributed by atoms with E-state index in [0.717, 1.165) is 5.56 Å². The Morgan fingerprint density at radius 3 is 2.19 bits per heavy atom. The summed E-state index contributed by atoms with van der Waals surface area (Å²) in [5, 5.41) is 12.0. The number of methoxy groups -OCH3 is 3. The standard InChI is InChI=1S/C22H25BrN2O6/c1-6-30-19-8-14(11-24)7-16(23)21(19)31-12-20(26)25-13(2)15-9-17(27-3)22(29-5)18(10-15)28-4/h7-10,13H,6,12H2,1-5H3,(H,25,26). The van der Waals surface area contributed by atoms with Crippen molar-refractivity contribution in [3.05, 3.63) is 39.9 Å². The Morgan fingerprint density at radius 2 is 1.68 bits per heavy atom. The molecule has 2 aromatic rings. The Kier molecular flexibility index (Phi) is 8.82. The van der Waals surface area contributed by atoms with Crippen molar-refractivity contribution >= 4 is 21.8 Å². The number of nitrogens with zero attached hydrogens (tertiary/aromatic N) is 1. The highest BCUT2D eigenvalue weighted by atomic mass is 79.9. The van der Waals surface area contributed by atoms with Crippen LogP contribution in [-0.2, 0) is 4.79 Å². The van der Waals surface area contributed by atoms with E-state index in [4.69, 9.17) is 28.9 Å². The molecule has 31 heavy (non-hydrogen) atoms. The fraction of sp³-hybridized carbons (Fsp3) is 0.364. The summed E-state index contributed by atoms with van der Waals surface area (Å²) in [6.45, 7) is 3.81.